The monoisotopic (exact) mass is 353 g/mol. The second-order valence-electron chi connectivity index (χ2n) is 5.36. The van der Waals surface area contributed by atoms with E-state index in [1.807, 2.05) is 19.1 Å². The summed E-state index contributed by atoms with van der Waals surface area (Å²) in [6.07, 6.45) is 1.29. The van der Waals surface area contributed by atoms with Crippen molar-refractivity contribution < 1.29 is 9.18 Å². The molecule has 132 valence electrons. The SMILES string of the molecule is Cc1cccc(Nc2ncnc(NNC(=O)c3ccc(F)cc3)c2N)n1. The van der Waals surface area contributed by atoms with Crippen molar-refractivity contribution in [3.8, 4) is 0 Å². The molecule has 0 aliphatic heterocycles. The highest BCUT2D eigenvalue weighted by molar-refractivity contribution is 5.95. The zero-order valence-corrected chi connectivity index (χ0v) is 13.8. The van der Waals surface area contributed by atoms with Gasteiger partial charge in [-0.25, -0.2) is 19.3 Å². The molecular weight excluding hydrogens is 337 g/mol. The molecule has 0 atom stereocenters. The number of halogens is 1. The maximum absolute atomic E-state index is 12.9. The van der Waals surface area contributed by atoms with E-state index >= 15 is 0 Å². The van der Waals surface area contributed by atoms with Crippen molar-refractivity contribution in [3.05, 3.63) is 65.9 Å². The Morgan fingerprint density at radius 3 is 2.54 bits per heavy atom. The first-order chi connectivity index (χ1) is 12.5. The fourth-order valence-corrected chi connectivity index (χ4v) is 2.12. The number of anilines is 4. The number of hydrazine groups is 1. The molecule has 0 aliphatic rings. The summed E-state index contributed by atoms with van der Waals surface area (Å²) < 4.78 is 12.9. The van der Waals surface area contributed by atoms with Gasteiger partial charge in [0, 0.05) is 11.3 Å². The first kappa shape index (κ1) is 17.1. The van der Waals surface area contributed by atoms with Crippen LogP contribution in [0.3, 0.4) is 0 Å². The lowest BCUT2D eigenvalue weighted by Gasteiger charge is -2.13. The van der Waals surface area contributed by atoms with Gasteiger partial charge in [-0.1, -0.05) is 6.07 Å². The molecule has 0 saturated heterocycles. The van der Waals surface area contributed by atoms with Gasteiger partial charge in [0.15, 0.2) is 11.6 Å². The first-order valence-corrected chi connectivity index (χ1v) is 7.66. The molecule has 9 heteroatoms. The number of pyridine rings is 1. The number of nitrogens with two attached hydrogens (primary N) is 1. The normalized spacial score (nSPS) is 10.2. The number of aromatic nitrogens is 3. The third-order valence-corrected chi connectivity index (χ3v) is 3.42. The molecule has 0 spiro atoms. The number of benzene rings is 1. The quantitative estimate of drug-likeness (QED) is 0.520. The highest BCUT2D eigenvalue weighted by atomic mass is 19.1. The van der Waals surface area contributed by atoms with E-state index < -0.39 is 11.7 Å². The summed E-state index contributed by atoms with van der Waals surface area (Å²) in [6, 6.07) is 10.6. The van der Waals surface area contributed by atoms with Crippen LogP contribution in [0.15, 0.2) is 48.8 Å². The van der Waals surface area contributed by atoms with Gasteiger partial charge in [-0.15, -0.1) is 0 Å². The lowest BCUT2D eigenvalue weighted by molar-refractivity contribution is 0.0962. The summed E-state index contributed by atoms with van der Waals surface area (Å²) in [5, 5.41) is 3.00. The number of nitrogens with zero attached hydrogens (tertiary/aromatic N) is 3. The van der Waals surface area contributed by atoms with Gasteiger partial charge in [-0.3, -0.25) is 15.6 Å². The van der Waals surface area contributed by atoms with Crippen LogP contribution in [-0.4, -0.2) is 20.9 Å². The van der Waals surface area contributed by atoms with Crippen LogP contribution in [0.5, 0.6) is 0 Å². The Bertz CT molecular complexity index is 931. The van der Waals surface area contributed by atoms with Gasteiger partial charge in [-0.05, 0) is 43.3 Å². The minimum absolute atomic E-state index is 0.204. The van der Waals surface area contributed by atoms with Gasteiger partial charge in [0.1, 0.15) is 23.6 Å². The van der Waals surface area contributed by atoms with E-state index in [2.05, 4.69) is 31.1 Å². The molecule has 2 aromatic heterocycles. The van der Waals surface area contributed by atoms with Crippen LogP contribution in [0.4, 0.5) is 27.5 Å². The molecular formula is C17H16FN7O. The van der Waals surface area contributed by atoms with E-state index in [1.165, 1.54) is 30.6 Å². The van der Waals surface area contributed by atoms with Gasteiger partial charge >= 0.3 is 0 Å². The van der Waals surface area contributed by atoms with E-state index in [4.69, 9.17) is 5.73 Å². The van der Waals surface area contributed by atoms with E-state index in [9.17, 15) is 9.18 Å². The number of hydrogen-bond donors (Lipinski definition) is 4. The smallest absolute Gasteiger partial charge is 0.269 e. The fraction of sp³-hybridized carbons (Fsp3) is 0.0588. The predicted molar refractivity (Wildman–Crippen MR) is 96.2 cm³/mol. The fourth-order valence-electron chi connectivity index (χ4n) is 2.12. The average Bonchev–Trinajstić information content (AvgIpc) is 2.63. The van der Waals surface area contributed by atoms with E-state index in [1.54, 1.807) is 6.07 Å². The topological polar surface area (TPSA) is 118 Å². The van der Waals surface area contributed by atoms with Crippen molar-refractivity contribution in [2.45, 2.75) is 6.92 Å². The van der Waals surface area contributed by atoms with Crippen LogP contribution in [0.2, 0.25) is 0 Å². The number of nitrogen functional groups attached to an aromatic ring is 1. The van der Waals surface area contributed by atoms with Crippen LogP contribution in [0.1, 0.15) is 16.1 Å². The number of carbonyl (C=O) groups is 1. The van der Waals surface area contributed by atoms with Gasteiger partial charge in [0.25, 0.3) is 5.91 Å². The Kier molecular flexibility index (Phi) is 4.88. The number of aryl methyl sites for hydroxylation is 1. The molecule has 3 aromatic rings. The Balaban J connectivity index is 1.70. The van der Waals surface area contributed by atoms with E-state index in [-0.39, 0.29) is 17.1 Å². The van der Waals surface area contributed by atoms with Gasteiger partial charge in [0.2, 0.25) is 0 Å². The lowest BCUT2D eigenvalue weighted by atomic mass is 10.2. The molecule has 0 aliphatic carbocycles. The Morgan fingerprint density at radius 2 is 1.81 bits per heavy atom. The number of carbonyl (C=O) groups excluding carboxylic acids is 1. The van der Waals surface area contributed by atoms with Crippen molar-refractivity contribution in [1.29, 1.82) is 0 Å². The number of rotatable bonds is 5. The molecule has 26 heavy (non-hydrogen) atoms. The summed E-state index contributed by atoms with van der Waals surface area (Å²) in [7, 11) is 0. The van der Waals surface area contributed by atoms with Crippen molar-refractivity contribution >= 4 is 29.0 Å². The maximum atomic E-state index is 12.9. The molecule has 3 rings (SSSR count). The van der Waals surface area contributed by atoms with Gasteiger partial charge in [-0.2, -0.15) is 0 Å². The third-order valence-electron chi connectivity index (χ3n) is 3.42. The number of nitrogens with one attached hydrogen (secondary N) is 3. The van der Waals surface area contributed by atoms with Crippen molar-refractivity contribution in [1.82, 2.24) is 20.4 Å². The summed E-state index contributed by atoms with van der Waals surface area (Å²) in [5.41, 5.74) is 12.4. The molecule has 0 fully saturated rings. The van der Waals surface area contributed by atoms with Gasteiger partial charge < -0.3 is 11.1 Å². The number of hydrogen-bond acceptors (Lipinski definition) is 7. The molecule has 0 unspecified atom stereocenters. The zero-order valence-electron chi connectivity index (χ0n) is 13.8. The first-order valence-electron chi connectivity index (χ1n) is 7.66. The predicted octanol–water partition coefficient (Wildman–Crippen LogP) is 2.40. The third kappa shape index (κ3) is 4.01. The minimum Gasteiger partial charge on any atom is -0.393 e. The maximum Gasteiger partial charge on any atom is 0.269 e. The molecule has 1 amide bonds. The summed E-state index contributed by atoms with van der Waals surface area (Å²) in [4.78, 5) is 24.4. The lowest BCUT2D eigenvalue weighted by Crippen LogP contribution is -2.30. The highest BCUT2D eigenvalue weighted by Crippen LogP contribution is 2.24. The van der Waals surface area contributed by atoms with Gasteiger partial charge in [0.05, 0.1) is 0 Å². The molecule has 5 N–H and O–H groups in total. The summed E-state index contributed by atoms with van der Waals surface area (Å²) in [6.45, 7) is 1.87. The van der Waals surface area contributed by atoms with Crippen LogP contribution < -0.4 is 21.9 Å². The van der Waals surface area contributed by atoms with Crippen molar-refractivity contribution in [2.75, 3.05) is 16.5 Å². The Morgan fingerprint density at radius 1 is 1.08 bits per heavy atom. The molecule has 8 nitrogen and oxygen atoms in total. The minimum atomic E-state index is -0.460. The van der Waals surface area contributed by atoms with E-state index in [0.717, 1.165) is 5.69 Å². The largest absolute Gasteiger partial charge is 0.393 e. The summed E-state index contributed by atoms with van der Waals surface area (Å²) >= 11 is 0. The average molecular weight is 353 g/mol. The highest BCUT2D eigenvalue weighted by Gasteiger charge is 2.11. The van der Waals surface area contributed by atoms with Crippen molar-refractivity contribution in [3.63, 3.8) is 0 Å². The Labute approximate surface area is 148 Å². The van der Waals surface area contributed by atoms with Crippen LogP contribution >= 0.6 is 0 Å². The second-order valence-corrected chi connectivity index (χ2v) is 5.36. The van der Waals surface area contributed by atoms with E-state index in [0.29, 0.717) is 11.6 Å². The van der Waals surface area contributed by atoms with Crippen LogP contribution in [0, 0.1) is 12.7 Å². The van der Waals surface area contributed by atoms with Crippen LogP contribution in [0.25, 0.3) is 0 Å². The molecule has 1 aromatic carbocycles. The number of amides is 1. The standard InChI is InChI=1S/C17H16FN7O/c1-10-3-2-4-13(22-10)23-15-14(19)16(21-9-20-15)24-25-17(26)11-5-7-12(18)8-6-11/h2-9H,19H2,1H3,(H,25,26)(H2,20,21,22,23,24). The second kappa shape index (κ2) is 7.43. The molecule has 0 saturated carbocycles. The molecule has 0 bridgehead atoms. The molecule has 0 radical (unpaired) electrons. The van der Waals surface area contributed by atoms with Crippen molar-refractivity contribution in [2.24, 2.45) is 0 Å². The van der Waals surface area contributed by atoms with Crippen LogP contribution in [-0.2, 0) is 0 Å². The Hall–Kier alpha value is -3.75. The zero-order chi connectivity index (χ0) is 18.5. The molecule has 2 heterocycles. The summed E-state index contributed by atoms with van der Waals surface area (Å²) in [5.74, 6) is 0.256.